The van der Waals surface area contributed by atoms with Gasteiger partial charge in [0.15, 0.2) is 5.78 Å². The molecule has 0 aliphatic heterocycles. The van der Waals surface area contributed by atoms with Gasteiger partial charge < -0.3 is 20.2 Å². The molecule has 0 saturated heterocycles. The normalized spacial score (nSPS) is 18.6. The quantitative estimate of drug-likeness (QED) is 0.552. The van der Waals surface area contributed by atoms with Gasteiger partial charge in [-0.15, -0.1) is 0 Å². The van der Waals surface area contributed by atoms with Crippen molar-refractivity contribution in [2.24, 2.45) is 5.92 Å². The van der Waals surface area contributed by atoms with Crippen LogP contribution in [0.5, 0.6) is 0 Å². The third kappa shape index (κ3) is 3.77. The number of carboxylic acids is 1. The molecule has 0 aliphatic rings. The minimum Gasteiger partial charge on any atom is -0.479 e. The Labute approximate surface area is 118 Å². The summed E-state index contributed by atoms with van der Waals surface area (Å²) < 4.78 is 0. The third-order valence-electron chi connectivity index (χ3n) is 3.47. The first-order valence-corrected chi connectivity index (χ1v) is 6.43. The van der Waals surface area contributed by atoms with E-state index in [1.54, 1.807) is 13.8 Å². The molecular formula is C13H23NO6. The van der Waals surface area contributed by atoms with Crippen molar-refractivity contribution < 1.29 is 29.7 Å². The number of rotatable bonds is 7. The Hall–Kier alpha value is -1.47. The van der Waals surface area contributed by atoms with Crippen molar-refractivity contribution in [3.05, 3.63) is 0 Å². The van der Waals surface area contributed by atoms with Crippen LogP contribution in [0.3, 0.4) is 0 Å². The topological polar surface area (TPSA) is 115 Å². The Morgan fingerprint density at radius 2 is 1.70 bits per heavy atom. The minimum atomic E-state index is -2.58. The highest BCUT2D eigenvalue weighted by molar-refractivity contribution is 6.09. The van der Waals surface area contributed by atoms with E-state index in [-0.39, 0.29) is 5.92 Å². The summed E-state index contributed by atoms with van der Waals surface area (Å²) in [7, 11) is 1.31. The lowest BCUT2D eigenvalue weighted by Crippen LogP contribution is -2.58. The predicted octanol–water partition coefficient (Wildman–Crippen LogP) is -0.355. The number of amides is 1. The molecule has 0 unspecified atom stereocenters. The van der Waals surface area contributed by atoms with Gasteiger partial charge in [0, 0.05) is 7.05 Å². The van der Waals surface area contributed by atoms with Crippen LogP contribution in [0, 0.1) is 5.92 Å². The fourth-order valence-corrected chi connectivity index (χ4v) is 1.86. The van der Waals surface area contributed by atoms with Crippen molar-refractivity contribution in [2.75, 3.05) is 7.05 Å². The van der Waals surface area contributed by atoms with Gasteiger partial charge >= 0.3 is 5.97 Å². The Morgan fingerprint density at radius 1 is 1.25 bits per heavy atom. The molecule has 0 spiro atoms. The maximum absolute atomic E-state index is 12.3. The van der Waals surface area contributed by atoms with Gasteiger partial charge in [-0.05, 0) is 19.8 Å². The van der Waals surface area contributed by atoms with Crippen LogP contribution in [0.1, 0.15) is 34.1 Å². The zero-order valence-corrected chi connectivity index (χ0v) is 12.5. The number of aliphatic hydroxyl groups is 2. The molecule has 0 aromatic carbocycles. The number of aliphatic carboxylic acids is 1. The molecule has 0 aromatic heterocycles. The average Bonchev–Trinajstić information content (AvgIpc) is 2.36. The van der Waals surface area contributed by atoms with Crippen LogP contribution in [0.25, 0.3) is 0 Å². The molecule has 116 valence electrons. The van der Waals surface area contributed by atoms with Crippen molar-refractivity contribution in [1.82, 2.24) is 4.90 Å². The summed E-state index contributed by atoms with van der Waals surface area (Å²) in [4.78, 5) is 36.0. The van der Waals surface area contributed by atoms with E-state index in [1.165, 1.54) is 14.0 Å². The van der Waals surface area contributed by atoms with E-state index in [4.69, 9.17) is 5.11 Å². The van der Waals surface area contributed by atoms with Gasteiger partial charge in [0.05, 0.1) is 6.04 Å². The van der Waals surface area contributed by atoms with Crippen LogP contribution in [-0.4, -0.2) is 62.7 Å². The number of carbonyl (C=O) groups excluding carboxylic acids is 2. The molecule has 0 bridgehead atoms. The van der Waals surface area contributed by atoms with Gasteiger partial charge in [0.2, 0.25) is 5.60 Å². The number of hydrogen-bond donors (Lipinski definition) is 3. The lowest BCUT2D eigenvalue weighted by Gasteiger charge is -2.35. The molecule has 7 heteroatoms. The van der Waals surface area contributed by atoms with Crippen molar-refractivity contribution in [1.29, 1.82) is 0 Å². The van der Waals surface area contributed by atoms with Crippen LogP contribution in [0.15, 0.2) is 0 Å². The Morgan fingerprint density at radius 3 is 2.00 bits per heavy atom. The van der Waals surface area contributed by atoms with Gasteiger partial charge in [-0.2, -0.15) is 0 Å². The molecule has 3 N–H and O–H groups in total. The molecule has 0 saturated carbocycles. The van der Waals surface area contributed by atoms with E-state index in [1.807, 2.05) is 0 Å². The Balaban J connectivity index is 5.54. The summed E-state index contributed by atoms with van der Waals surface area (Å²) in [5, 5.41) is 28.0. The number of hydrogen-bond acceptors (Lipinski definition) is 5. The molecule has 1 amide bonds. The van der Waals surface area contributed by atoms with E-state index >= 15 is 0 Å². The SMILES string of the molecule is CC[C@H](C)[C@@H](C(=O)[C@](C)(O)C(=O)O)N(C)C(=O)[C@@H](C)O. The van der Waals surface area contributed by atoms with Crippen molar-refractivity contribution >= 4 is 17.7 Å². The van der Waals surface area contributed by atoms with Gasteiger partial charge in [-0.25, -0.2) is 4.79 Å². The highest BCUT2D eigenvalue weighted by Crippen LogP contribution is 2.21. The highest BCUT2D eigenvalue weighted by Gasteiger charge is 2.46. The number of carboxylic acid groups (broad SMARTS) is 1. The predicted molar refractivity (Wildman–Crippen MR) is 71.0 cm³/mol. The molecular weight excluding hydrogens is 266 g/mol. The average molecular weight is 289 g/mol. The zero-order valence-electron chi connectivity index (χ0n) is 12.5. The molecule has 0 radical (unpaired) electrons. The minimum absolute atomic E-state index is 0.360. The molecule has 7 nitrogen and oxygen atoms in total. The van der Waals surface area contributed by atoms with Gasteiger partial charge in [0.1, 0.15) is 6.10 Å². The number of aliphatic hydroxyl groups excluding tert-OH is 1. The summed E-state index contributed by atoms with van der Waals surface area (Å²) >= 11 is 0. The summed E-state index contributed by atoms with van der Waals surface area (Å²) in [5.74, 6) is -3.71. The molecule has 0 aromatic rings. The smallest absolute Gasteiger partial charge is 0.343 e. The maximum Gasteiger partial charge on any atom is 0.343 e. The molecule has 20 heavy (non-hydrogen) atoms. The van der Waals surface area contributed by atoms with Crippen molar-refractivity contribution in [3.63, 3.8) is 0 Å². The Bertz CT molecular complexity index is 390. The zero-order chi connectivity index (χ0) is 16.2. The summed E-state index contributed by atoms with van der Waals surface area (Å²) in [6.07, 6.45) is -0.807. The van der Waals surface area contributed by atoms with E-state index in [9.17, 15) is 24.6 Å². The maximum atomic E-state index is 12.3. The number of carbonyl (C=O) groups is 3. The molecule has 4 atom stereocenters. The lowest BCUT2D eigenvalue weighted by molar-refractivity contribution is -0.168. The fraction of sp³-hybridized carbons (Fsp3) is 0.769. The second-order valence-corrected chi connectivity index (χ2v) is 5.20. The lowest BCUT2D eigenvalue weighted by atomic mass is 9.85. The van der Waals surface area contributed by atoms with Crippen LogP contribution < -0.4 is 0 Å². The molecule has 0 heterocycles. The summed E-state index contributed by atoms with van der Waals surface area (Å²) in [6.45, 7) is 5.59. The van der Waals surface area contributed by atoms with Crippen molar-refractivity contribution in [2.45, 2.75) is 51.9 Å². The van der Waals surface area contributed by atoms with Gasteiger partial charge in [-0.3, -0.25) is 9.59 Å². The Kier molecular flexibility index (Phi) is 6.31. The summed E-state index contributed by atoms with van der Waals surface area (Å²) in [5.41, 5.74) is -2.58. The monoisotopic (exact) mass is 289 g/mol. The van der Waals surface area contributed by atoms with E-state index in [2.05, 4.69) is 0 Å². The van der Waals surface area contributed by atoms with E-state index in [0.717, 1.165) is 11.8 Å². The van der Waals surface area contributed by atoms with Crippen LogP contribution in [0.4, 0.5) is 0 Å². The largest absolute Gasteiger partial charge is 0.479 e. The molecule has 0 rings (SSSR count). The molecule has 0 aliphatic carbocycles. The first-order valence-electron chi connectivity index (χ1n) is 6.43. The van der Waals surface area contributed by atoms with Gasteiger partial charge in [0.25, 0.3) is 5.91 Å². The van der Waals surface area contributed by atoms with Gasteiger partial charge in [-0.1, -0.05) is 20.3 Å². The number of ketones is 1. The highest BCUT2D eigenvalue weighted by atomic mass is 16.4. The fourth-order valence-electron chi connectivity index (χ4n) is 1.86. The van der Waals surface area contributed by atoms with E-state index < -0.39 is 35.4 Å². The summed E-state index contributed by atoms with van der Waals surface area (Å²) in [6, 6.07) is -1.12. The van der Waals surface area contributed by atoms with Crippen LogP contribution in [0.2, 0.25) is 0 Å². The molecule has 0 fully saturated rings. The second-order valence-electron chi connectivity index (χ2n) is 5.20. The first kappa shape index (κ1) is 18.5. The third-order valence-corrected chi connectivity index (χ3v) is 3.47. The first-order chi connectivity index (χ1) is 8.98. The standard InChI is InChI=1S/C13H23NO6/c1-6-7(2)9(14(5)11(17)8(3)15)10(16)13(4,20)12(18)19/h7-9,15,20H,6H2,1-5H3,(H,18,19)/t7-,8+,9-,13-/m0/s1. The number of Topliss-reactive ketones (excluding diaryl/α,β-unsaturated/α-hetero) is 1. The van der Waals surface area contributed by atoms with Crippen LogP contribution in [-0.2, 0) is 14.4 Å². The van der Waals surface area contributed by atoms with Crippen molar-refractivity contribution in [3.8, 4) is 0 Å². The second kappa shape index (κ2) is 6.81. The number of nitrogens with zero attached hydrogens (tertiary/aromatic N) is 1. The van der Waals surface area contributed by atoms with E-state index in [0.29, 0.717) is 6.42 Å². The number of likely N-dealkylation sites (N-methyl/N-ethyl adjacent to an activating group) is 1. The van der Waals surface area contributed by atoms with Crippen LogP contribution >= 0.6 is 0 Å².